The first-order valence-corrected chi connectivity index (χ1v) is 21.0. The summed E-state index contributed by atoms with van der Waals surface area (Å²) in [7, 11) is 0. The minimum absolute atomic E-state index is 0.573. The number of rotatable bonds is 6. The molecule has 0 aliphatic rings. The van der Waals surface area contributed by atoms with Gasteiger partial charge in [0.25, 0.3) is 0 Å². The highest BCUT2D eigenvalue weighted by Crippen LogP contribution is 2.39. The lowest BCUT2D eigenvalue weighted by Gasteiger charge is -2.13. The molecule has 0 aliphatic heterocycles. The monoisotopic (exact) mass is 807 g/mol. The summed E-state index contributed by atoms with van der Waals surface area (Å²) in [6.07, 6.45) is 0. The molecule has 4 heterocycles. The van der Waals surface area contributed by atoms with Crippen LogP contribution in [0, 0.1) is 0 Å². The molecule has 63 heavy (non-hydrogen) atoms. The molecule has 294 valence electrons. The summed E-state index contributed by atoms with van der Waals surface area (Å²) in [4.78, 5) is 15.6. The fraction of sp³-hybridized carbons (Fsp3) is 0. The Bertz CT molecular complexity index is 3800. The van der Waals surface area contributed by atoms with E-state index in [2.05, 4.69) is 127 Å². The van der Waals surface area contributed by atoms with Crippen molar-refractivity contribution in [3.63, 3.8) is 0 Å². The van der Waals surface area contributed by atoms with Crippen molar-refractivity contribution < 1.29 is 13.3 Å². The van der Waals surface area contributed by atoms with E-state index in [4.69, 9.17) is 28.2 Å². The normalized spacial score (nSPS) is 11.8. The van der Waals surface area contributed by atoms with Gasteiger partial charge in [0.05, 0.1) is 0 Å². The second kappa shape index (κ2) is 14.0. The van der Waals surface area contributed by atoms with Gasteiger partial charge in [-0.1, -0.05) is 121 Å². The van der Waals surface area contributed by atoms with Gasteiger partial charge in [0.1, 0.15) is 33.5 Å². The molecule has 6 heteroatoms. The Balaban J connectivity index is 1.00. The number of benzene rings is 9. The fourth-order valence-electron chi connectivity index (χ4n) is 9.00. The van der Waals surface area contributed by atoms with E-state index < -0.39 is 0 Å². The summed E-state index contributed by atoms with van der Waals surface area (Å²) in [6.45, 7) is 0. The van der Waals surface area contributed by atoms with E-state index in [-0.39, 0.29) is 0 Å². The van der Waals surface area contributed by atoms with Crippen LogP contribution in [0.25, 0.3) is 133 Å². The van der Waals surface area contributed by atoms with Gasteiger partial charge in [-0.2, -0.15) is 0 Å². The largest absolute Gasteiger partial charge is 0.456 e. The highest BCUT2D eigenvalue weighted by atomic mass is 16.3. The molecule has 0 N–H and O–H groups in total. The summed E-state index contributed by atoms with van der Waals surface area (Å²) >= 11 is 0. The number of furan rings is 3. The number of fused-ring (bicyclic) bond motifs is 9. The van der Waals surface area contributed by atoms with Gasteiger partial charge < -0.3 is 13.3 Å². The Morgan fingerprint density at radius 1 is 0.206 bits per heavy atom. The predicted molar refractivity (Wildman–Crippen MR) is 254 cm³/mol. The van der Waals surface area contributed by atoms with Gasteiger partial charge in [0, 0.05) is 49.0 Å². The molecule has 9 aromatic carbocycles. The van der Waals surface area contributed by atoms with Crippen molar-refractivity contribution >= 4 is 65.8 Å². The molecule has 0 unspecified atom stereocenters. The van der Waals surface area contributed by atoms with E-state index in [0.29, 0.717) is 17.5 Å². The smallest absolute Gasteiger partial charge is 0.164 e. The topological polar surface area (TPSA) is 78.1 Å². The molecule has 0 aliphatic carbocycles. The van der Waals surface area contributed by atoms with Crippen molar-refractivity contribution in [2.75, 3.05) is 0 Å². The van der Waals surface area contributed by atoms with Crippen molar-refractivity contribution in [2.24, 2.45) is 0 Å². The van der Waals surface area contributed by atoms with Gasteiger partial charge in [-0.15, -0.1) is 0 Å². The van der Waals surface area contributed by atoms with E-state index in [9.17, 15) is 0 Å². The van der Waals surface area contributed by atoms with Crippen LogP contribution in [-0.4, -0.2) is 15.0 Å². The van der Waals surface area contributed by atoms with Crippen LogP contribution in [-0.2, 0) is 0 Å². The van der Waals surface area contributed by atoms with Crippen LogP contribution in [0.15, 0.2) is 213 Å². The third-order valence-corrected chi connectivity index (χ3v) is 12.1. The highest BCUT2D eigenvalue weighted by molar-refractivity contribution is 6.08. The average Bonchev–Trinajstić information content (AvgIpc) is 4.04. The Hall–Kier alpha value is -8.61. The SMILES string of the molecule is c1ccc(-c2nc(-c3cccc(-c4ccc5oc6ccccc6c5c4)c3)nc(-c3cc(-c4ccc5oc6ccccc6c5c4)cc(-c4ccc5oc6ccccc6c5c4)c3)n2)cc1. The molecule has 0 radical (unpaired) electrons. The quantitative estimate of drug-likeness (QED) is 0.166. The summed E-state index contributed by atoms with van der Waals surface area (Å²) in [5, 5.41) is 6.47. The summed E-state index contributed by atoms with van der Waals surface area (Å²) in [5.74, 6) is 1.75. The second-order valence-electron chi connectivity index (χ2n) is 16.0. The van der Waals surface area contributed by atoms with Crippen LogP contribution < -0.4 is 0 Å². The van der Waals surface area contributed by atoms with Crippen molar-refractivity contribution in [3.8, 4) is 67.5 Å². The predicted octanol–water partition coefficient (Wildman–Crippen LogP) is 15.6. The van der Waals surface area contributed by atoms with E-state index in [1.807, 2.05) is 72.8 Å². The van der Waals surface area contributed by atoms with Crippen LogP contribution >= 0.6 is 0 Å². The molecule has 13 rings (SSSR count). The molecule has 0 spiro atoms. The standard InChI is InChI=1S/C57H33N3O3/c1-2-11-34(12-3-1)55-58-56(39-14-10-13-35(27-39)36-21-24-52-46(31-36)43-15-4-7-18-49(43)61-52)60-57(59-55)42-29-40(37-22-25-53-47(32-37)44-16-5-8-19-50(44)62-53)28-41(30-42)38-23-26-54-48(33-38)45-17-6-9-20-51(45)63-54/h1-33H. The van der Waals surface area contributed by atoms with Crippen molar-refractivity contribution in [3.05, 3.63) is 200 Å². The average molecular weight is 808 g/mol. The van der Waals surface area contributed by atoms with Gasteiger partial charge in [-0.05, 0) is 112 Å². The van der Waals surface area contributed by atoms with Gasteiger partial charge in [0.15, 0.2) is 17.5 Å². The minimum Gasteiger partial charge on any atom is -0.456 e. The zero-order valence-corrected chi connectivity index (χ0v) is 33.6. The van der Waals surface area contributed by atoms with Crippen molar-refractivity contribution in [2.45, 2.75) is 0 Å². The molecule has 0 amide bonds. The molecule has 0 fully saturated rings. The number of aromatic nitrogens is 3. The van der Waals surface area contributed by atoms with Crippen molar-refractivity contribution in [1.82, 2.24) is 15.0 Å². The third-order valence-electron chi connectivity index (χ3n) is 12.1. The van der Waals surface area contributed by atoms with Gasteiger partial charge >= 0.3 is 0 Å². The molecular formula is C57H33N3O3. The van der Waals surface area contributed by atoms with Crippen LogP contribution in [0.1, 0.15) is 0 Å². The summed E-state index contributed by atoms with van der Waals surface area (Å²) in [6, 6.07) is 68.9. The molecule has 0 saturated heterocycles. The van der Waals surface area contributed by atoms with Gasteiger partial charge in [0.2, 0.25) is 0 Å². The van der Waals surface area contributed by atoms with Crippen LogP contribution in [0.4, 0.5) is 0 Å². The van der Waals surface area contributed by atoms with Crippen molar-refractivity contribution in [1.29, 1.82) is 0 Å². The van der Waals surface area contributed by atoms with E-state index in [1.54, 1.807) is 0 Å². The lowest BCUT2D eigenvalue weighted by Crippen LogP contribution is -2.00. The molecule has 0 saturated carbocycles. The summed E-state index contributed by atoms with van der Waals surface area (Å²) < 4.78 is 18.6. The van der Waals surface area contributed by atoms with Gasteiger partial charge in [-0.25, -0.2) is 15.0 Å². The van der Waals surface area contributed by atoms with E-state index in [1.165, 1.54) is 0 Å². The molecular weight excluding hydrogens is 775 g/mol. The Morgan fingerprint density at radius 3 is 1.05 bits per heavy atom. The minimum atomic E-state index is 0.573. The third kappa shape index (κ3) is 5.99. The molecule has 0 atom stereocenters. The van der Waals surface area contributed by atoms with Gasteiger partial charge in [-0.3, -0.25) is 0 Å². The maximum atomic E-state index is 6.24. The van der Waals surface area contributed by atoms with Crippen LogP contribution in [0.2, 0.25) is 0 Å². The highest BCUT2D eigenvalue weighted by Gasteiger charge is 2.18. The first-order chi connectivity index (χ1) is 31.1. The Kier molecular flexibility index (Phi) is 7.80. The summed E-state index contributed by atoms with van der Waals surface area (Å²) in [5.41, 5.74) is 14.1. The fourth-order valence-corrected chi connectivity index (χ4v) is 9.00. The Morgan fingerprint density at radius 2 is 0.540 bits per heavy atom. The zero-order valence-electron chi connectivity index (χ0n) is 33.6. The van der Waals surface area contributed by atoms with E-state index in [0.717, 1.165) is 116 Å². The zero-order chi connectivity index (χ0) is 41.4. The first kappa shape index (κ1) is 35.2. The lowest BCUT2D eigenvalue weighted by atomic mass is 9.94. The number of hydrogen-bond donors (Lipinski definition) is 0. The molecule has 6 nitrogen and oxygen atoms in total. The Labute approximate surface area is 360 Å². The molecule has 13 aromatic rings. The molecule has 4 aromatic heterocycles. The second-order valence-corrected chi connectivity index (χ2v) is 16.0. The maximum Gasteiger partial charge on any atom is 0.164 e. The van der Waals surface area contributed by atoms with Crippen LogP contribution in [0.3, 0.4) is 0 Å². The maximum absolute atomic E-state index is 6.24. The number of hydrogen-bond acceptors (Lipinski definition) is 6. The first-order valence-electron chi connectivity index (χ1n) is 21.0. The lowest BCUT2D eigenvalue weighted by molar-refractivity contribution is 0.668. The van der Waals surface area contributed by atoms with Crippen LogP contribution in [0.5, 0.6) is 0 Å². The number of nitrogens with zero attached hydrogens (tertiary/aromatic N) is 3. The molecule has 0 bridgehead atoms. The number of para-hydroxylation sites is 3. The van der Waals surface area contributed by atoms with E-state index >= 15 is 0 Å².